The van der Waals surface area contributed by atoms with Crippen LogP contribution in [0.15, 0.2) is 24.3 Å². The van der Waals surface area contributed by atoms with Crippen molar-refractivity contribution in [2.45, 2.75) is 39.8 Å². The smallest absolute Gasteiger partial charge is 0.166 e. The van der Waals surface area contributed by atoms with E-state index in [1.54, 1.807) is 12.1 Å². The van der Waals surface area contributed by atoms with Gasteiger partial charge in [-0.3, -0.25) is 0 Å². The Hall–Kier alpha value is -0.990. The van der Waals surface area contributed by atoms with Crippen molar-refractivity contribution in [2.24, 2.45) is 5.41 Å². The van der Waals surface area contributed by atoms with E-state index in [4.69, 9.17) is 0 Å². The van der Waals surface area contributed by atoms with Gasteiger partial charge < -0.3 is 0 Å². The van der Waals surface area contributed by atoms with E-state index < -0.39 is 11.7 Å². The van der Waals surface area contributed by atoms with Gasteiger partial charge in [-0.25, -0.2) is 0 Å². The molecular formula is C13H17F3. The lowest BCUT2D eigenvalue weighted by molar-refractivity contribution is -0.137. The van der Waals surface area contributed by atoms with E-state index >= 15 is 0 Å². The van der Waals surface area contributed by atoms with E-state index in [9.17, 15) is 13.2 Å². The molecule has 0 bridgehead atoms. The molecule has 1 aromatic carbocycles. The quantitative estimate of drug-likeness (QED) is 0.707. The first-order chi connectivity index (χ1) is 7.24. The number of hydrogen-bond acceptors (Lipinski definition) is 0. The lowest BCUT2D eigenvalue weighted by atomic mass is 9.83. The van der Waals surface area contributed by atoms with Crippen molar-refractivity contribution in [3.8, 4) is 0 Å². The minimum absolute atomic E-state index is 0.139. The molecule has 0 saturated carbocycles. The highest BCUT2D eigenvalue weighted by Gasteiger charge is 2.30. The summed E-state index contributed by atoms with van der Waals surface area (Å²) in [6, 6.07) is 5.45. The van der Waals surface area contributed by atoms with Crippen LogP contribution < -0.4 is 0 Å². The van der Waals surface area contributed by atoms with Crippen LogP contribution in [0.4, 0.5) is 13.2 Å². The fourth-order valence-corrected chi connectivity index (χ4v) is 1.49. The number of halogens is 3. The highest BCUT2D eigenvalue weighted by Crippen LogP contribution is 2.31. The first-order valence-corrected chi connectivity index (χ1v) is 5.41. The summed E-state index contributed by atoms with van der Waals surface area (Å²) in [6.45, 7) is 6.32. The molecule has 0 atom stereocenters. The van der Waals surface area contributed by atoms with Crippen LogP contribution in [0.1, 0.15) is 38.3 Å². The van der Waals surface area contributed by atoms with E-state index in [2.05, 4.69) is 20.8 Å². The molecular weight excluding hydrogens is 213 g/mol. The predicted octanol–water partition coefficient (Wildman–Crippen LogP) is 4.68. The van der Waals surface area contributed by atoms with Crippen molar-refractivity contribution < 1.29 is 13.2 Å². The molecule has 0 radical (unpaired) electrons. The fourth-order valence-electron chi connectivity index (χ4n) is 1.49. The Morgan fingerprint density at radius 1 is 1.00 bits per heavy atom. The van der Waals surface area contributed by atoms with E-state index in [0.717, 1.165) is 30.5 Å². The van der Waals surface area contributed by atoms with Crippen molar-refractivity contribution >= 4 is 0 Å². The number of alkyl halides is 3. The Balaban J connectivity index is 2.80. The molecule has 0 unspecified atom stereocenters. The Kier molecular flexibility index (Phi) is 3.66. The Bertz CT molecular complexity index is 333. The molecule has 0 spiro atoms. The summed E-state index contributed by atoms with van der Waals surface area (Å²) in [5.74, 6) is 0. The fraction of sp³-hybridized carbons (Fsp3) is 0.538. The molecule has 0 aromatic heterocycles. The van der Waals surface area contributed by atoms with E-state index in [1.165, 1.54) is 0 Å². The van der Waals surface area contributed by atoms with Crippen LogP contribution in [-0.2, 0) is 12.6 Å². The molecule has 0 nitrogen and oxygen atoms in total. The molecule has 0 aliphatic heterocycles. The van der Waals surface area contributed by atoms with Crippen LogP contribution in [0.3, 0.4) is 0 Å². The molecule has 0 heterocycles. The molecule has 0 N–H and O–H groups in total. The van der Waals surface area contributed by atoms with E-state index in [0.29, 0.717) is 0 Å². The van der Waals surface area contributed by atoms with Gasteiger partial charge in [-0.05, 0) is 29.5 Å². The van der Waals surface area contributed by atoms with Gasteiger partial charge in [0, 0.05) is 0 Å². The summed E-state index contributed by atoms with van der Waals surface area (Å²) in [6.07, 6.45) is -2.42. The first kappa shape index (κ1) is 13.1. The summed E-state index contributed by atoms with van der Waals surface area (Å²) in [7, 11) is 0. The van der Waals surface area contributed by atoms with Crippen LogP contribution in [-0.4, -0.2) is 0 Å². The maximum atomic E-state index is 12.3. The van der Waals surface area contributed by atoms with Gasteiger partial charge in [0.05, 0.1) is 5.56 Å². The van der Waals surface area contributed by atoms with Gasteiger partial charge in [0.15, 0.2) is 0 Å². The van der Waals surface area contributed by atoms with Gasteiger partial charge in [0.2, 0.25) is 0 Å². The van der Waals surface area contributed by atoms with Crippen molar-refractivity contribution in [1.82, 2.24) is 0 Å². The normalized spacial score (nSPS) is 12.9. The molecule has 90 valence electrons. The average molecular weight is 230 g/mol. The Morgan fingerprint density at radius 2 is 1.50 bits per heavy atom. The average Bonchev–Trinajstić information content (AvgIpc) is 2.16. The highest BCUT2D eigenvalue weighted by atomic mass is 19.4. The predicted molar refractivity (Wildman–Crippen MR) is 59.2 cm³/mol. The summed E-state index contributed by atoms with van der Waals surface area (Å²) in [5, 5.41) is 0. The SMILES string of the molecule is CCC(C)(C)Cc1ccc(C(F)(F)F)cc1. The molecule has 1 rings (SSSR count). The van der Waals surface area contributed by atoms with Crippen molar-refractivity contribution in [3.63, 3.8) is 0 Å². The van der Waals surface area contributed by atoms with Crippen LogP contribution >= 0.6 is 0 Å². The van der Waals surface area contributed by atoms with Gasteiger partial charge in [-0.15, -0.1) is 0 Å². The van der Waals surface area contributed by atoms with Crippen LogP contribution in [0, 0.1) is 5.41 Å². The topological polar surface area (TPSA) is 0 Å². The Labute approximate surface area is 94.5 Å². The van der Waals surface area contributed by atoms with Crippen molar-refractivity contribution in [2.75, 3.05) is 0 Å². The van der Waals surface area contributed by atoms with Gasteiger partial charge in [0.1, 0.15) is 0 Å². The summed E-state index contributed by atoms with van der Waals surface area (Å²) in [5.41, 5.74) is 0.519. The molecule has 0 amide bonds. The first-order valence-electron chi connectivity index (χ1n) is 5.41. The second-order valence-corrected chi connectivity index (χ2v) is 4.89. The number of rotatable bonds is 3. The highest BCUT2D eigenvalue weighted by molar-refractivity contribution is 5.25. The molecule has 0 aliphatic rings. The summed E-state index contributed by atoms with van der Waals surface area (Å²) >= 11 is 0. The summed E-state index contributed by atoms with van der Waals surface area (Å²) < 4.78 is 37.0. The monoisotopic (exact) mass is 230 g/mol. The number of benzene rings is 1. The third kappa shape index (κ3) is 3.54. The lowest BCUT2D eigenvalue weighted by Gasteiger charge is -2.22. The minimum Gasteiger partial charge on any atom is -0.166 e. The Morgan fingerprint density at radius 3 is 1.88 bits per heavy atom. The molecule has 0 fully saturated rings. The number of hydrogen-bond donors (Lipinski definition) is 0. The van der Waals surface area contributed by atoms with Gasteiger partial charge in [0.25, 0.3) is 0 Å². The van der Waals surface area contributed by atoms with Gasteiger partial charge in [-0.2, -0.15) is 13.2 Å². The molecule has 1 aromatic rings. The minimum atomic E-state index is -4.24. The largest absolute Gasteiger partial charge is 0.416 e. The van der Waals surface area contributed by atoms with E-state index in [1.807, 2.05) is 0 Å². The summed E-state index contributed by atoms with van der Waals surface area (Å²) in [4.78, 5) is 0. The molecule has 0 aliphatic carbocycles. The third-order valence-corrected chi connectivity index (χ3v) is 2.92. The molecule has 16 heavy (non-hydrogen) atoms. The molecule has 3 heteroatoms. The van der Waals surface area contributed by atoms with Crippen molar-refractivity contribution in [1.29, 1.82) is 0 Å². The van der Waals surface area contributed by atoms with Crippen LogP contribution in [0.2, 0.25) is 0 Å². The van der Waals surface area contributed by atoms with E-state index in [-0.39, 0.29) is 5.41 Å². The zero-order valence-electron chi connectivity index (χ0n) is 9.86. The third-order valence-electron chi connectivity index (χ3n) is 2.92. The maximum Gasteiger partial charge on any atom is 0.416 e. The lowest BCUT2D eigenvalue weighted by Crippen LogP contribution is -2.13. The van der Waals surface area contributed by atoms with Crippen LogP contribution in [0.5, 0.6) is 0 Å². The zero-order chi connectivity index (χ0) is 12.4. The second-order valence-electron chi connectivity index (χ2n) is 4.89. The van der Waals surface area contributed by atoms with Crippen LogP contribution in [0.25, 0.3) is 0 Å². The maximum absolute atomic E-state index is 12.3. The van der Waals surface area contributed by atoms with Crippen molar-refractivity contribution in [3.05, 3.63) is 35.4 Å². The van der Waals surface area contributed by atoms with Gasteiger partial charge >= 0.3 is 6.18 Å². The molecule has 0 saturated heterocycles. The second kappa shape index (κ2) is 4.48. The van der Waals surface area contributed by atoms with Gasteiger partial charge in [-0.1, -0.05) is 39.3 Å². The zero-order valence-corrected chi connectivity index (χ0v) is 9.86. The standard InChI is InChI=1S/C13H17F3/c1-4-12(2,3)9-10-5-7-11(8-6-10)13(14,15)16/h5-8H,4,9H2,1-3H3.